The molecule has 1 heterocycles. The number of rotatable bonds is 4. The van der Waals surface area contributed by atoms with Crippen molar-refractivity contribution in [3.63, 3.8) is 0 Å². The molecule has 1 aromatic heterocycles. The number of amides is 1. The molecule has 0 saturated heterocycles. The summed E-state index contributed by atoms with van der Waals surface area (Å²) in [7, 11) is 0. The molecule has 1 N–H and O–H groups in total. The summed E-state index contributed by atoms with van der Waals surface area (Å²) in [5.74, 6) is 0.216. The van der Waals surface area contributed by atoms with E-state index in [1.165, 1.54) is 0 Å². The molecule has 0 unspecified atom stereocenters. The van der Waals surface area contributed by atoms with Crippen LogP contribution in [0.2, 0.25) is 0 Å². The first-order valence-electron chi connectivity index (χ1n) is 9.50. The van der Waals surface area contributed by atoms with E-state index in [0.29, 0.717) is 17.0 Å². The molecular weight excluding hydrogens is 348 g/mol. The summed E-state index contributed by atoms with van der Waals surface area (Å²) >= 11 is 0. The van der Waals surface area contributed by atoms with E-state index in [1.54, 1.807) is 0 Å². The first kappa shape index (κ1) is 17.9. The molecule has 0 atom stereocenters. The molecule has 138 valence electrons. The average molecular weight is 368 g/mol. The summed E-state index contributed by atoms with van der Waals surface area (Å²) in [5, 5.41) is 12.7. The number of carbonyl (C=O) groups excluding carboxylic acids is 1. The van der Waals surface area contributed by atoms with Crippen molar-refractivity contribution in [3.8, 4) is 28.6 Å². The Bertz CT molecular complexity index is 959. The van der Waals surface area contributed by atoms with Crippen LogP contribution in [0.5, 0.6) is 0 Å². The van der Waals surface area contributed by atoms with Gasteiger partial charge in [-0.05, 0) is 12.8 Å². The van der Waals surface area contributed by atoms with Crippen LogP contribution in [0.25, 0.3) is 22.5 Å². The lowest BCUT2D eigenvalue weighted by atomic mass is 10.0. The Morgan fingerprint density at radius 3 is 1.86 bits per heavy atom. The Morgan fingerprint density at radius 1 is 0.893 bits per heavy atom. The van der Waals surface area contributed by atoms with Crippen LogP contribution >= 0.6 is 0 Å². The van der Waals surface area contributed by atoms with Crippen LogP contribution in [0.15, 0.2) is 60.7 Å². The quantitative estimate of drug-likeness (QED) is 0.717. The number of aromatic nitrogens is 2. The highest BCUT2D eigenvalue weighted by Crippen LogP contribution is 2.31. The molecule has 0 radical (unpaired) electrons. The predicted octanol–water partition coefficient (Wildman–Crippen LogP) is 4.81. The van der Waals surface area contributed by atoms with E-state index in [0.717, 1.165) is 36.8 Å². The van der Waals surface area contributed by atoms with E-state index in [-0.39, 0.29) is 17.8 Å². The van der Waals surface area contributed by atoms with Gasteiger partial charge in [0.15, 0.2) is 0 Å². The highest BCUT2D eigenvalue weighted by molar-refractivity contribution is 5.92. The lowest BCUT2D eigenvalue weighted by molar-refractivity contribution is -0.119. The number of nitrogens with zero attached hydrogens (tertiary/aromatic N) is 3. The number of nitrogens with one attached hydrogen (secondary N) is 1. The molecule has 3 aromatic rings. The smallest absolute Gasteiger partial charge is 0.230 e. The number of hydrogen-bond acceptors (Lipinski definition) is 4. The number of hydrogen-bond donors (Lipinski definition) is 1. The molecule has 5 nitrogen and oxygen atoms in total. The van der Waals surface area contributed by atoms with Crippen molar-refractivity contribution in [1.29, 1.82) is 5.26 Å². The zero-order valence-corrected chi connectivity index (χ0v) is 15.4. The van der Waals surface area contributed by atoms with Crippen LogP contribution in [-0.2, 0) is 4.79 Å². The lowest BCUT2D eigenvalue weighted by Gasteiger charge is -2.14. The third-order valence-electron chi connectivity index (χ3n) is 5.08. The second kappa shape index (κ2) is 8.01. The van der Waals surface area contributed by atoms with Gasteiger partial charge < -0.3 is 0 Å². The number of anilines is 1. The monoisotopic (exact) mass is 368 g/mol. The second-order valence-corrected chi connectivity index (χ2v) is 6.93. The summed E-state index contributed by atoms with van der Waals surface area (Å²) in [6.45, 7) is 0. The molecule has 28 heavy (non-hydrogen) atoms. The minimum absolute atomic E-state index is 0.0135. The van der Waals surface area contributed by atoms with Crippen LogP contribution in [0, 0.1) is 17.2 Å². The standard InChI is InChI=1S/C23H20N4O/c24-15-19-20(16-9-3-1-4-10-16)25-23(27-22(28)18-13-7-8-14-18)26-21(19)17-11-5-2-6-12-17/h1-6,9-12,18H,7-8,13-14H2,(H,25,26,27,28). The zero-order chi connectivity index (χ0) is 19.3. The molecule has 0 spiro atoms. The van der Waals surface area contributed by atoms with Gasteiger partial charge in [-0.3, -0.25) is 10.1 Å². The van der Waals surface area contributed by atoms with Gasteiger partial charge in [-0.15, -0.1) is 0 Å². The molecule has 1 aliphatic carbocycles. The Labute approximate surface area is 164 Å². The van der Waals surface area contributed by atoms with E-state index in [2.05, 4.69) is 21.4 Å². The van der Waals surface area contributed by atoms with Crippen molar-refractivity contribution in [2.45, 2.75) is 25.7 Å². The summed E-state index contributed by atoms with van der Waals surface area (Å²) in [4.78, 5) is 21.7. The lowest BCUT2D eigenvalue weighted by Crippen LogP contribution is -2.22. The third kappa shape index (κ3) is 3.63. The average Bonchev–Trinajstić information content (AvgIpc) is 3.29. The molecule has 0 aliphatic heterocycles. The van der Waals surface area contributed by atoms with Crippen LogP contribution in [0.1, 0.15) is 31.2 Å². The summed E-state index contributed by atoms with van der Waals surface area (Å²) in [6.07, 6.45) is 3.96. The van der Waals surface area contributed by atoms with Crippen LogP contribution in [-0.4, -0.2) is 15.9 Å². The van der Waals surface area contributed by atoms with Gasteiger partial charge in [0, 0.05) is 17.0 Å². The van der Waals surface area contributed by atoms with Gasteiger partial charge >= 0.3 is 0 Å². The number of carbonyl (C=O) groups is 1. The van der Waals surface area contributed by atoms with E-state index in [4.69, 9.17) is 0 Å². The zero-order valence-electron chi connectivity index (χ0n) is 15.4. The highest BCUT2D eigenvalue weighted by Gasteiger charge is 2.24. The number of nitriles is 1. The second-order valence-electron chi connectivity index (χ2n) is 6.93. The third-order valence-corrected chi connectivity index (χ3v) is 5.08. The fourth-order valence-corrected chi connectivity index (χ4v) is 3.63. The molecular formula is C23H20N4O. The van der Waals surface area contributed by atoms with Crippen molar-refractivity contribution in [2.24, 2.45) is 5.92 Å². The van der Waals surface area contributed by atoms with E-state index < -0.39 is 0 Å². The SMILES string of the molecule is N#Cc1c(-c2ccccc2)nc(NC(=O)C2CCCC2)nc1-c1ccccc1. The largest absolute Gasteiger partial charge is 0.294 e. The van der Waals surface area contributed by atoms with Crippen molar-refractivity contribution < 1.29 is 4.79 Å². The normalized spacial score (nSPS) is 13.8. The van der Waals surface area contributed by atoms with Crippen molar-refractivity contribution in [3.05, 3.63) is 66.2 Å². The van der Waals surface area contributed by atoms with Gasteiger partial charge in [-0.2, -0.15) is 5.26 Å². The minimum atomic E-state index is -0.0415. The van der Waals surface area contributed by atoms with Crippen molar-refractivity contribution in [1.82, 2.24) is 9.97 Å². The van der Waals surface area contributed by atoms with Crippen molar-refractivity contribution in [2.75, 3.05) is 5.32 Å². The van der Waals surface area contributed by atoms with Gasteiger partial charge in [0.1, 0.15) is 11.6 Å². The first-order chi connectivity index (χ1) is 13.8. The Morgan fingerprint density at radius 2 is 1.39 bits per heavy atom. The minimum Gasteiger partial charge on any atom is -0.294 e. The summed E-state index contributed by atoms with van der Waals surface area (Å²) < 4.78 is 0. The van der Waals surface area contributed by atoms with Crippen molar-refractivity contribution >= 4 is 11.9 Å². The van der Waals surface area contributed by atoms with E-state index in [1.807, 2.05) is 60.7 Å². The molecule has 1 amide bonds. The fourth-order valence-electron chi connectivity index (χ4n) is 3.63. The first-order valence-corrected chi connectivity index (χ1v) is 9.50. The fraction of sp³-hybridized carbons (Fsp3) is 0.217. The Balaban J connectivity index is 1.83. The van der Waals surface area contributed by atoms with Gasteiger partial charge in [0.2, 0.25) is 11.9 Å². The molecule has 1 saturated carbocycles. The van der Waals surface area contributed by atoms with Crippen LogP contribution in [0.4, 0.5) is 5.95 Å². The van der Waals surface area contributed by atoms with Gasteiger partial charge in [-0.1, -0.05) is 73.5 Å². The van der Waals surface area contributed by atoms with Gasteiger partial charge in [-0.25, -0.2) is 9.97 Å². The Kier molecular flexibility index (Phi) is 5.11. The summed E-state index contributed by atoms with van der Waals surface area (Å²) in [6, 6.07) is 21.3. The number of benzene rings is 2. The molecule has 0 bridgehead atoms. The van der Waals surface area contributed by atoms with Gasteiger partial charge in [0.05, 0.1) is 11.4 Å². The molecule has 1 fully saturated rings. The highest BCUT2D eigenvalue weighted by atomic mass is 16.2. The maximum absolute atomic E-state index is 12.6. The van der Waals surface area contributed by atoms with Crippen LogP contribution < -0.4 is 5.32 Å². The maximum atomic E-state index is 12.6. The molecule has 4 rings (SSSR count). The van der Waals surface area contributed by atoms with Gasteiger partial charge in [0.25, 0.3) is 0 Å². The maximum Gasteiger partial charge on any atom is 0.230 e. The van der Waals surface area contributed by atoms with E-state index >= 15 is 0 Å². The summed E-state index contributed by atoms with van der Waals surface area (Å²) in [5.41, 5.74) is 3.08. The molecule has 5 heteroatoms. The Hall–Kier alpha value is -3.52. The van der Waals surface area contributed by atoms with Crippen LogP contribution in [0.3, 0.4) is 0 Å². The molecule has 2 aromatic carbocycles. The van der Waals surface area contributed by atoms with E-state index in [9.17, 15) is 10.1 Å². The molecule has 1 aliphatic rings. The topological polar surface area (TPSA) is 78.7 Å². The predicted molar refractivity (Wildman–Crippen MR) is 108 cm³/mol.